The van der Waals surface area contributed by atoms with Crippen molar-refractivity contribution in [1.29, 1.82) is 0 Å². The molecule has 1 aliphatic heterocycles. The molecule has 8 nitrogen and oxygen atoms in total. The van der Waals surface area contributed by atoms with Gasteiger partial charge in [0, 0.05) is 25.3 Å². The van der Waals surface area contributed by atoms with Gasteiger partial charge in [-0.2, -0.15) is 0 Å². The van der Waals surface area contributed by atoms with Crippen LogP contribution in [-0.4, -0.2) is 47.2 Å². The van der Waals surface area contributed by atoms with Gasteiger partial charge in [-0.15, -0.1) is 0 Å². The Morgan fingerprint density at radius 3 is 2.35 bits per heavy atom. The molecule has 0 unspecified atom stereocenters. The van der Waals surface area contributed by atoms with Crippen molar-refractivity contribution in [3.05, 3.63) is 77.9 Å². The maximum atomic E-state index is 13.6. The van der Waals surface area contributed by atoms with E-state index in [9.17, 15) is 13.2 Å². The van der Waals surface area contributed by atoms with E-state index in [1.54, 1.807) is 24.3 Å². The fraction of sp³-hybridized carbons (Fsp3) is 0.321. The molecule has 37 heavy (non-hydrogen) atoms. The normalized spacial score (nSPS) is 14.9. The molecule has 0 radical (unpaired) electrons. The molecule has 1 aliphatic rings. The number of hydrogen-bond acceptors (Lipinski definition) is 6. The SMILES string of the molecule is CCN(CC)c1ccc(CNC(=O)[C@@H]2CN(S(=O)(=O)c3ccc(OC)cc3)c3cc(C)ccc3O2)cc1. The first-order valence-corrected chi connectivity index (χ1v) is 13.8. The van der Waals surface area contributed by atoms with E-state index in [1.807, 2.05) is 37.3 Å². The number of nitrogens with zero attached hydrogens (tertiary/aromatic N) is 2. The number of anilines is 2. The number of ether oxygens (including phenoxy) is 2. The zero-order valence-corrected chi connectivity index (χ0v) is 22.4. The Bertz CT molecular complexity index is 1340. The molecule has 3 aromatic rings. The summed E-state index contributed by atoms with van der Waals surface area (Å²) in [5.41, 5.74) is 3.36. The second-order valence-corrected chi connectivity index (χ2v) is 10.7. The summed E-state index contributed by atoms with van der Waals surface area (Å²) >= 11 is 0. The van der Waals surface area contributed by atoms with Gasteiger partial charge in [0.1, 0.15) is 11.5 Å². The first-order chi connectivity index (χ1) is 17.8. The fourth-order valence-corrected chi connectivity index (χ4v) is 5.78. The first-order valence-electron chi connectivity index (χ1n) is 12.3. The van der Waals surface area contributed by atoms with Crippen LogP contribution >= 0.6 is 0 Å². The number of hydrogen-bond donors (Lipinski definition) is 1. The molecule has 196 valence electrons. The van der Waals surface area contributed by atoms with Gasteiger partial charge in [0.25, 0.3) is 15.9 Å². The van der Waals surface area contributed by atoms with E-state index in [0.717, 1.165) is 29.9 Å². The largest absolute Gasteiger partial charge is 0.497 e. The van der Waals surface area contributed by atoms with Gasteiger partial charge in [-0.05, 0) is 80.4 Å². The highest BCUT2D eigenvalue weighted by Gasteiger charge is 2.37. The summed E-state index contributed by atoms with van der Waals surface area (Å²) in [5, 5.41) is 2.90. The average molecular weight is 524 g/mol. The highest BCUT2D eigenvalue weighted by atomic mass is 32.2. The number of rotatable bonds is 9. The number of fused-ring (bicyclic) bond motifs is 1. The van der Waals surface area contributed by atoms with Crippen molar-refractivity contribution in [1.82, 2.24) is 5.32 Å². The summed E-state index contributed by atoms with van der Waals surface area (Å²) in [5.74, 6) is 0.520. The molecule has 0 aliphatic carbocycles. The van der Waals surface area contributed by atoms with E-state index in [0.29, 0.717) is 23.7 Å². The number of carbonyl (C=O) groups is 1. The molecule has 0 bridgehead atoms. The third-order valence-electron chi connectivity index (χ3n) is 6.46. The summed E-state index contributed by atoms with van der Waals surface area (Å²) in [7, 11) is -2.43. The summed E-state index contributed by atoms with van der Waals surface area (Å²) in [4.78, 5) is 15.5. The Hall–Kier alpha value is -3.72. The van der Waals surface area contributed by atoms with Gasteiger partial charge in [0.05, 0.1) is 24.2 Å². The zero-order chi connectivity index (χ0) is 26.6. The summed E-state index contributed by atoms with van der Waals surface area (Å²) in [6.07, 6.45) is -1.00. The maximum Gasteiger partial charge on any atom is 0.264 e. The molecule has 9 heteroatoms. The monoisotopic (exact) mass is 523 g/mol. The van der Waals surface area contributed by atoms with Crippen LogP contribution in [0, 0.1) is 6.92 Å². The van der Waals surface area contributed by atoms with Gasteiger partial charge in [0.15, 0.2) is 6.10 Å². The molecule has 1 heterocycles. The van der Waals surface area contributed by atoms with Crippen molar-refractivity contribution in [3.8, 4) is 11.5 Å². The molecule has 4 rings (SSSR count). The number of amides is 1. The second kappa shape index (κ2) is 11.1. The van der Waals surface area contributed by atoms with E-state index in [-0.39, 0.29) is 17.3 Å². The van der Waals surface area contributed by atoms with E-state index in [4.69, 9.17) is 9.47 Å². The van der Waals surface area contributed by atoms with Gasteiger partial charge in [0.2, 0.25) is 0 Å². The number of sulfonamides is 1. The van der Waals surface area contributed by atoms with E-state index >= 15 is 0 Å². The first kappa shape index (κ1) is 26.3. The van der Waals surface area contributed by atoms with Gasteiger partial charge >= 0.3 is 0 Å². The minimum Gasteiger partial charge on any atom is -0.497 e. The lowest BCUT2D eigenvalue weighted by Crippen LogP contribution is -2.50. The number of nitrogens with one attached hydrogen (secondary N) is 1. The van der Waals surface area contributed by atoms with Crippen molar-refractivity contribution in [3.63, 3.8) is 0 Å². The quantitative estimate of drug-likeness (QED) is 0.454. The number of methoxy groups -OCH3 is 1. The van der Waals surface area contributed by atoms with Crippen molar-refractivity contribution < 1.29 is 22.7 Å². The number of aryl methyl sites for hydroxylation is 1. The highest BCUT2D eigenvalue weighted by molar-refractivity contribution is 7.92. The Morgan fingerprint density at radius 1 is 1.05 bits per heavy atom. The van der Waals surface area contributed by atoms with Gasteiger partial charge in [-0.25, -0.2) is 8.42 Å². The molecule has 1 N–H and O–H groups in total. The van der Waals surface area contributed by atoms with E-state index < -0.39 is 16.1 Å². The molecule has 0 spiro atoms. The molecule has 0 fully saturated rings. The van der Waals surface area contributed by atoms with Crippen LogP contribution in [0.25, 0.3) is 0 Å². The Balaban J connectivity index is 1.53. The van der Waals surface area contributed by atoms with Crippen LogP contribution in [-0.2, 0) is 21.4 Å². The molecule has 0 saturated carbocycles. The van der Waals surface area contributed by atoms with Gasteiger partial charge < -0.3 is 19.7 Å². The summed E-state index contributed by atoms with van der Waals surface area (Å²) in [6, 6.07) is 19.5. The molecule has 0 aromatic heterocycles. The Morgan fingerprint density at radius 2 is 1.73 bits per heavy atom. The van der Waals surface area contributed by atoms with Crippen LogP contribution in [0.4, 0.5) is 11.4 Å². The van der Waals surface area contributed by atoms with Crippen LogP contribution < -0.4 is 24.0 Å². The van der Waals surface area contributed by atoms with Crippen molar-refractivity contribution in [2.24, 2.45) is 0 Å². The fourth-order valence-electron chi connectivity index (χ4n) is 4.32. The molecular formula is C28H33N3O5S. The summed E-state index contributed by atoms with van der Waals surface area (Å²) in [6.45, 7) is 8.10. The van der Waals surface area contributed by atoms with Gasteiger partial charge in [-0.1, -0.05) is 18.2 Å². The Kier molecular flexibility index (Phi) is 7.92. The van der Waals surface area contributed by atoms with Crippen molar-refractivity contribution >= 4 is 27.3 Å². The predicted molar refractivity (Wildman–Crippen MR) is 145 cm³/mol. The number of benzene rings is 3. The second-order valence-electron chi connectivity index (χ2n) is 8.85. The zero-order valence-electron chi connectivity index (χ0n) is 21.6. The topological polar surface area (TPSA) is 88.2 Å². The lowest BCUT2D eigenvalue weighted by molar-refractivity contribution is -0.127. The van der Waals surface area contributed by atoms with Crippen molar-refractivity contribution in [2.75, 3.05) is 35.9 Å². The molecule has 1 atom stereocenters. The minimum atomic E-state index is -3.96. The highest BCUT2D eigenvalue weighted by Crippen LogP contribution is 2.38. The third-order valence-corrected chi connectivity index (χ3v) is 8.25. The van der Waals surface area contributed by atoms with Crippen LogP contribution in [0.5, 0.6) is 11.5 Å². The van der Waals surface area contributed by atoms with Crippen LogP contribution in [0.3, 0.4) is 0 Å². The van der Waals surface area contributed by atoms with Crippen LogP contribution in [0.15, 0.2) is 71.6 Å². The minimum absolute atomic E-state index is 0.107. The third kappa shape index (κ3) is 5.67. The van der Waals surface area contributed by atoms with E-state index in [2.05, 4.69) is 24.1 Å². The average Bonchev–Trinajstić information content (AvgIpc) is 2.92. The number of carbonyl (C=O) groups excluding carboxylic acids is 1. The van der Waals surface area contributed by atoms with Gasteiger partial charge in [-0.3, -0.25) is 9.10 Å². The Labute approximate surface area is 218 Å². The molecule has 0 saturated heterocycles. The molecule has 3 aromatic carbocycles. The maximum absolute atomic E-state index is 13.6. The van der Waals surface area contributed by atoms with Crippen LogP contribution in [0.2, 0.25) is 0 Å². The standard InChI is InChI=1S/C28H33N3O5S/c1-5-30(6-2)22-10-8-21(9-11-22)18-29-28(32)27-19-31(25-17-20(3)7-16-26(25)36-27)37(33,34)24-14-12-23(35-4)13-15-24/h7-17,27H,5-6,18-19H2,1-4H3,(H,29,32)/t27-/m0/s1. The predicted octanol–water partition coefficient (Wildman–Crippen LogP) is 4.12. The summed E-state index contributed by atoms with van der Waals surface area (Å²) < 4.78 is 39.7. The van der Waals surface area contributed by atoms with Crippen LogP contribution in [0.1, 0.15) is 25.0 Å². The van der Waals surface area contributed by atoms with E-state index in [1.165, 1.54) is 23.5 Å². The lowest BCUT2D eigenvalue weighted by Gasteiger charge is -2.35. The molecule has 1 amide bonds. The molecular weight excluding hydrogens is 490 g/mol. The smallest absolute Gasteiger partial charge is 0.264 e. The lowest BCUT2D eigenvalue weighted by atomic mass is 10.1. The van der Waals surface area contributed by atoms with Crippen molar-refractivity contribution in [2.45, 2.75) is 38.3 Å².